The molecule has 16 heavy (non-hydrogen) atoms. The van der Waals surface area contributed by atoms with Crippen LogP contribution in [0.4, 0.5) is 0 Å². The van der Waals surface area contributed by atoms with Crippen LogP contribution in [-0.2, 0) is 4.74 Å². The Morgan fingerprint density at radius 2 is 2.19 bits per heavy atom. The number of amidine groups is 1. The molecular formula is C12H16N2O2. The van der Waals surface area contributed by atoms with Crippen LogP contribution in [0.5, 0.6) is 5.75 Å². The van der Waals surface area contributed by atoms with Gasteiger partial charge in [-0.2, -0.15) is 0 Å². The van der Waals surface area contributed by atoms with E-state index in [4.69, 9.17) is 15.2 Å². The largest absolute Gasteiger partial charge is 0.494 e. The molecule has 0 aromatic heterocycles. The summed E-state index contributed by atoms with van der Waals surface area (Å²) in [6.07, 6.45) is 0.794. The highest BCUT2D eigenvalue weighted by atomic mass is 16.5. The fraction of sp³-hybridized carbons (Fsp3) is 0.417. The Labute approximate surface area is 95.1 Å². The van der Waals surface area contributed by atoms with E-state index in [1.807, 2.05) is 37.3 Å². The first kappa shape index (κ1) is 10.8. The molecule has 0 amide bonds. The van der Waals surface area contributed by atoms with E-state index in [1.165, 1.54) is 0 Å². The first-order valence-corrected chi connectivity index (χ1v) is 5.34. The van der Waals surface area contributed by atoms with E-state index in [2.05, 4.69) is 4.99 Å². The van der Waals surface area contributed by atoms with Gasteiger partial charge in [-0.15, -0.1) is 0 Å². The van der Waals surface area contributed by atoms with E-state index in [0.717, 1.165) is 12.2 Å². The van der Waals surface area contributed by atoms with Crippen molar-refractivity contribution in [1.29, 1.82) is 0 Å². The number of nitrogens with two attached hydrogens (primary N) is 1. The summed E-state index contributed by atoms with van der Waals surface area (Å²) in [4.78, 5) is 4.24. The monoisotopic (exact) mass is 220 g/mol. The predicted molar refractivity (Wildman–Crippen MR) is 62.5 cm³/mol. The number of rotatable bonds is 4. The molecule has 1 unspecified atom stereocenters. The van der Waals surface area contributed by atoms with E-state index in [0.29, 0.717) is 13.2 Å². The normalized spacial score (nSPS) is 23.7. The van der Waals surface area contributed by atoms with Crippen molar-refractivity contribution >= 4 is 6.02 Å². The molecule has 2 N–H and O–H groups in total. The fourth-order valence-corrected chi connectivity index (χ4v) is 1.59. The number of benzene rings is 1. The van der Waals surface area contributed by atoms with Crippen molar-refractivity contribution in [3.8, 4) is 5.75 Å². The van der Waals surface area contributed by atoms with E-state index in [-0.39, 0.29) is 11.6 Å². The molecule has 4 heteroatoms. The lowest BCUT2D eigenvalue weighted by Crippen LogP contribution is -2.26. The molecule has 0 saturated carbocycles. The van der Waals surface area contributed by atoms with Crippen molar-refractivity contribution in [3.63, 3.8) is 0 Å². The Kier molecular flexibility index (Phi) is 2.99. The topological polar surface area (TPSA) is 56.8 Å². The number of aliphatic imine (C=N–C) groups is 1. The van der Waals surface area contributed by atoms with Crippen LogP contribution in [0.2, 0.25) is 0 Å². The van der Waals surface area contributed by atoms with Gasteiger partial charge in [-0.3, -0.25) is 0 Å². The van der Waals surface area contributed by atoms with Gasteiger partial charge in [0.2, 0.25) is 0 Å². The maximum atomic E-state index is 5.60. The van der Waals surface area contributed by atoms with Crippen LogP contribution in [0.25, 0.3) is 0 Å². The lowest BCUT2D eigenvalue weighted by molar-refractivity contribution is 0.216. The molecule has 2 rings (SSSR count). The summed E-state index contributed by atoms with van der Waals surface area (Å²) in [6, 6.07) is 10.0. The predicted octanol–water partition coefficient (Wildman–Crippen LogP) is 1.56. The van der Waals surface area contributed by atoms with E-state index in [1.54, 1.807) is 0 Å². The summed E-state index contributed by atoms with van der Waals surface area (Å²) in [7, 11) is 0. The number of nitrogens with zero attached hydrogens (tertiary/aromatic N) is 1. The van der Waals surface area contributed by atoms with E-state index >= 15 is 0 Å². The zero-order valence-corrected chi connectivity index (χ0v) is 9.35. The quantitative estimate of drug-likeness (QED) is 0.837. The lowest BCUT2D eigenvalue weighted by Gasteiger charge is -2.17. The number of ether oxygens (including phenoxy) is 2. The van der Waals surface area contributed by atoms with Gasteiger partial charge in [0.25, 0.3) is 6.02 Å². The average Bonchev–Trinajstić information content (AvgIpc) is 2.60. The standard InChI is InChI=1S/C12H16N2O2/c1-12(9-16-11(13)14-12)7-8-15-10-5-3-2-4-6-10/h2-6H,7-9H2,1H3,(H2,13,14). The van der Waals surface area contributed by atoms with E-state index in [9.17, 15) is 0 Å². The maximum Gasteiger partial charge on any atom is 0.282 e. The molecule has 0 saturated heterocycles. The molecule has 4 nitrogen and oxygen atoms in total. The van der Waals surface area contributed by atoms with Gasteiger partial charge in [0.15, 0.2) is 0 Å². The summed E-state index contributed by atoms with van der Waals surface area (Å²) in [5.41, 5.74) is 5.24. The Morgan fingerprint density at radius 3 is 2.81 bits per heavy atom. The third-order valence-electron chi connectivity index (χ3n) is 2.56. The van der Waals surface area contributed by atoms with Gasteiger partial charge in [-0.05, 0) is 19.1 Å². The second kappa shape index (κ2) is 4.43. The van der Waals surface area contributed by atoms with Gasteiger partial charge in [-0.25, -0.2) is 4.99 Å². The van der Waals surface area contributed by atoms with Crippen LogP contribution in [0.1, 0.15) is 13.3 Å². The Morgan fingerprint density at radius 1 is 1.44 bits per heavy atom. The SMILES string of the molecule is CC1(CCOc2ccccc2)COC(N)=N1. The molecule has 0 radical (unpaired) electrons. The number of hydrogen-bond donors (Lipinski definition) is 1. The highest BCUT2D eigenvalue weighted by Gasteiger charge is 2.30. The molecule has 0 aliphatic carbocycles. The number of para-hydroxylation sites is 1. The minimum absolute atomic E-state index is 0.237. The van der Waals surface area contributed by atoms with Crippen molar-refractivity contribution in [3.05, 3.63) is 30.3 Å². The second-order valence-corrected chi connectivity index (χ2v) is 4.15. The molecule has 0 bridgehead atoms. The minimum Gasteiger partial charge on any atom is -0.494 e. The van der Waals surface area contributed by atoms with Crippen LogP contribution >= 0.6 is 0 Å². The van der Waals surface area contributed by atoms with Gasteiger partial charge >= 0.3 is 0 Å². The van der Waals surface area contributed by atoms with Crippen LogP contribution in [0, 0.1) is 0 Å². The molecule has 1 aliphatic heterocycles. The number of hydrogen-bond acceptors (Lipinski definition) is 4. The molecule has 1 aromatic carbocycles. The molecule has 1 atom stereocenters. The van der Waals surface area contributed by atoms with Crippen molar-refractivity contribution in [1.82, 2.24) is 0 Å². The minimum atomic E-state index is -0.237. The van der Waals surface area contributed by atoms with Crippen LogP contribution < -0.4 is 10.5 Å². The van der Waals surface area contributed by atoms with E-state index < -0.39 is 0 Å². The molecule has 0 spiro atoms. The summed E-state index contributed by atoms with van der Waals surface area (Å²) in [5, 5.41) is 0. The van der Waals surface area contributed by atoms with Crippen LogP contribution in [0.3, 0.4) is 0 Å². The summed E-state index contributed by atoms with van der Waals surface area (Å²) in [6.45, 7) is 3.17. The zero-order chi connectivity index (χ0) is 11.4. The van der Waals surface area contributed by atoms with Gasteiger partial charge in [0.05, 0.1) is 6.61 Å². The molecule has 1 heterocycles. The zero-order valence-electron chi connectivity index (χ0n) is 9.35. The maximum absolute atomic E-state index is 5.60. The van der Waals surface area contributed by atoms with Crippen molar-refractivity contribution in [2.75, 3.05) is 13.2 Å². The smallest absolute Gasteiger partial charge is 0.282 e. The Hall–Kier alpha value is -1.71. The second-order valence-electron chi connectivity index (χ2n) is 4.15. The highest BCUT2D eigenvalue weighted by Crippen LogP contribution is 2.21. The summed E-state index contributed by atoms with van der Waals surface area (Å²) in [5.74, 6) is 0.877. The van der Waals surface area contributed by atoms with Crippen molar-refractivity contribution in [2.24, 2.45) is 10.7 Å². The molecular weight excluding hydrogens is 204 g/mol. The Balaban J connectivity index is 1.81. The average molecular weight is 220 g/mol. The highest BCUT2D eigenvalue weighted by molar-refractivity contribution is 5.73. The molecule has 1 aromatic rings. The third kappa shape index (κ3) is 2.66. The first-order chi connectivity index (χ1) is 7.68. The van der Waals surface area contributed by atoms with Gasteiger partial charge < -0.3 is 15.2 Å². The van der Waals surface area contributed by atoms with Gasteiger partial charge in [0.1, 0.15) is 17.9 Å². The van der Waals surface area contributed by atoms with Crippen molar-refractivity contribution in [2.45, 2.75) is 18.9 Å². The lowest BCUT2D eigenvalue weighted by atomic mass is 10.0. The van der Waals surface area contributed by atoms with Crippen molar-refractivity contribution < 1.29 is 9.47 Å². The fourth-order valence-electron chi connectivity index (χ4n) is 1.59. The summed E-state index contributed by atoms with van der Waals surface area (Å²) >= 11 is 0. The first-order valence-electron chi connectivity index (χ1n) is 5.34. The van der Waals surface area contributed by atoms with Crippen LogP contribution in [0.15, 0.2) is 35.3 Å². The van der Waals surface area contributed by atoms with Gasteiger partial charge in [-0.1, -0.05) is 18.2 Å². The molecule has 86 valence electrons. The van der Waals surface area contributed by atoms with Crippen LogP contribution in [-0.4, -0.2) is 24.8 Å². The molecule has 1 aliphatic rings. The Bertz CT molecular complexity index is 378. The molecule has 0 fully saturated rings. The summed E-state index contributed by atoms with van der Waals surface area (Å²) < 4.78 is 10.7. The third-order valence-corrected chi connectivity index (χ3v) is 2.56. The van der Waals surface area contributed by atoms with Gasteiger partial charge in [0, 0.05) is 6.42 Å².